The molecule has 3 heteroatoms. The molecule has 0 N–H and O–H groups in total. The molecule has 2 heterocycles. The molecule has 1 aliphatic rings. The second-order valence-electron chi connectivity index (χ2n) is 12.3. The second kappa shape index (κ2) is 9.23. The fourth-order valence-electron chi connectivity index (χ4n) is 7.15. The topological polar surface area (TPSA) is 30.7 Å². The van der Waals surface area contributed by atoms with E-state index in [1.54, 1.807) is 0 Å². The van der Waals surface area contributed by atoms with Crippen molar-refractivity contribution in [2.24, 2.45) is 0 Å². The molecule has 0 saturated carbocycles. The average Bonchev–Trinajstić information content (AvgIpc) is 3.51. The first-order valence-corrected chi connectivity index (χ1v) is 15.2. The van der Waals surface area contributed by atoms with Crippen molar-refractivity contribution in [1.29, 1.82) is 0 Å². The van der Waals surface area contributed by atoms with E-state index in [1.807, 2.05) is 24.3 Å². The highest BCUT2D eigenvalue weighted by atomic mass is 15.1. The Balaban J connectivity index is 1.35. The van der Waals surface area contributed by atoms with E-state index in [0.717, 1.165) is 33.7 Å². The molecule has 8 aromatic rings. The third kappa shape index (κ3) is 3.62. The van der Waals surface area contributed by atoms with Gasteiger partial charge in [0.25, 0.3) is 0 Å². The fraction of sp³-hybridized carbons (Fsp3) is 0.0732. The fourth-order valence-corrected chi connectivity index (χ4v) is 7.15. The smallest absolute Gasteiger partial charge is 0.162 e. The zero-order chi connectivity index (χ0) is 29.4. The largest absolute Gasteiger partial charge is 0.294 e. The Labute approximate surface area is 256 Å². The Bertz CT molecular complexity index is 2340. The Morgan fingerprint density at radius 1 is 0.500 bits per heavy atom. The van der Waals surface area contributed by atoms with Crippen LogP contribution in [0.2, 0.25) is 0 Å². The van der Waals surface area contributed by atoms with E-state index in [9.17, 15) is 0 Å². The molecular formula is C41H29N3. The van der Waals surface area contributed by atoms with Gasteiger partial charge in [-0.3, -0.25) is 4.57 Å². The molecule has 2 aromatic heterocycles. The van der Waals surface area contributed by atoms with Crippen molar-refractivity contribution < 1.29 is 0 Å². The van der Waals surface area contributed by atoms with Crippen molar-refractivity contribution in [1.82, 2.24) is 14.5 Å². The quantitative estimate of drug-likeness (QED) is 0.214. The lowest BCUT2D eigenvalue weighted by Gasteiger charge is -2.22. The van der Waals surface area contributed by atoms with Gasteiger partial charge in [0, 0.05) is 33.4 Å². The van der Waals surface area contributed by atoms with Crippen LogP contribution in [0.25, 0.3) is 72.2 Å². The minimum absolute atomic E-state index is 0.139. The van der Waals surface area contributed by atoms with Crippen molar-refractivity contribution in [2.45, 2.75) is 19.3 Å². The van der Waals surface area contributed by atoms with Crippen molar-refractivity contribution >= 4 is 32.6 Å². The van der Waals surface area contributed by atoms with Crippen molar-refractivity contribution in [3.8, 4) is 39.6 Å². The predicted octanol–water partition coefficient (Wildman–Crippen LogP) is 10.4. The second-order valence-corrected chi connectivity index (χ2v) is 12.3. The molecule has 44 heavy (non-hydrogen) atoms. The van der Waals surface area contributed by atoms with E-state index in [-0.39, 0.29) is 5.41 Å². The molecule has 0 radical (unpaired) electrons. The van der Waals surface area contributed by atoms with Crippen molar-refractivity contribution in [2.75, 3.05) is 0 Å². The lowest BCUT2D eigenvalue weighted by molar-refractivity contribution is 0.661. The van der Waals surface area contributed by atoms with E-state index in [2.05, 4.69) is 134 Å². The summed E-state index contributed by atoms with van der Waals surface area (Å²) in [5, 5.41) is 5.02. The van der Waals surface area contributed by atoms with Crippen molar-refractivity contribution in [3.63, 3.8) is 0 Å². The molecule has 6 aromatic carbocycles. The summed E-state index contributed by atoms with van der Waals surface area (Å²) < 4.78 is 2.33. The summed E-state index contributed by atoms with van der Waals surface area (Å²) in [7, 11) is 0. The third-order valence-electron chi connectivity index (χ3n) is 9.38. The summed E-state index contributed by atoms with van der Waals surface area (Å²) >= 11 is 0. The highest BCUT2D eigenvalue weighted by Gasteiger charge is 2.36. The third-order valence-corrected chi connectivity index (χ3v) is 9.38. The van der Waals surface area contributed by atoms with Gasteiger partial charge in [-0.25, -0.2) is 9.97 Å². The average molecular weight is 564 g/mol. The van der Waals surface area contributed by atoms with Crippen LogP contribution >= 0.6 is 0 Å². The van der Waals surface area contributed by atoms with Gasteiger partial charge in [0.2, 0.25) is 0 Å². The van der Waals surface area contributed by atoms with Gasteiger partial charge in [-0.15, -0.1) is 0 Å². The highest BCUT2D eigenvalue weighted by molar-refractivity contribution is 6.12. The number of para-hydroxylation sites is 1. The standard InChI is InChI=1S/C41H29N3/c1-41(2)34-22-29-18-10-9-17-28(29)21-31(34)32-23-33-30-19-11-12-20-37(30)44(38(33)24-35(32)41)39-25-36(26-13-5-3-6-14-26)42-40(43-39)27-15-7-4-8-16-27/h3-25H,1-2H3. The normalized spacial score (nSPS) is 13.4. The lowest BCUT2D eigenvalue weighted by Crippen LogP contribution is -2.15. The van der Waals surface area contributed by atoms with Gasteiger partial charge in [-0.2, -0.15) is 0 Å². The van der Waals surface area contributed by atoms with Gasteiger partial charge < -0.3 is 0 Å². The maximum Gasteiger partial charge on any atom is 0.162 e. The molecule has 0 atom stereocenters. The summed E-state index contributed by atoms with van der Waals surface area (Å²) in [5.41, 5.74) is 10.5. The van der Waals surface area contributed by atoms with Crippen molar-refractivity contribution in [3.05, 3.63) is 151 Å². The Hall–Kier alpha value is -5.54. The Morgan fingerprint density at radius 2 is 1.11 bits per heavy atom. The molecule has 0 aliphatic heterocycles. The number of benzene rings is 6. The van der Waals surface area contributed by atoms with E-state index in [1.165, 1.54) is 43.8 Å². The first-order valence-electron chi connectivity index (χ1n) is 15.2. The maximum absolute atomic E-state index is 5.23. The molecule has 0 amide bonds. The van der Waals surface area contributed by atoms with Crippen LogP contribution in [0.5, 0.6) is 0 Å². The molecule has 1 aliphatic carbocycles. The predicted molar refractivity (Wildman–Crippen MR) is 182 cm³/mol. The monoisotopic (exact) mass is 563 g/mol. The molecule has 0 bridgehead atoms. The molecule has 0 unspecified atom stereocenters. The van der Waals surface area contributed by atoms with Crippen LogP contribution in [-0.2, 0) is 5.41 Å². The van der Waals surface area contributed by atoms with Gasteiger partial charge in [0.1, 0.15) is 5.82 Å². The summed E-state index contributed by atoms with van der Waals surface area (Å²) in [6.45, 7) is 4.72. The van der Waals surface area contributed by atoms with Crippen LogP contribution in [0.3, 0.4) is 0 Å². The summed E-state index contributed by atoms with van der Waals surface area (Å²) in [6, 6.07) is 49.8. The Morgan fingerprint density at radius 3 is 1.89 bits per heavy atom. The molecule has 0 fully saturated rings. The molecule has 3 nitrogen and oxygen atoms in total. The molecule has 9 rings (SSSR count). The zero-order valence-corrected chi connectivity index (χ0v) is 24.6. The van der Waals surface area contributed by atoms with E-state index < -0.39 is 0 Å². The summed E-state index contributed by atoms with van der Waals surface area (Å²) in [4.78, 5) is 10.3. The lowest BCUT2D eigenvalue weighted by atomic mass is 9.81. The van der Waals surface area contributed by atoms with E-state index in [4.69, 9.17) is 9.97 Å². The van der Waals surface area contributed by atoms with Crippen LogP contribution in [0.15, 0.2) is 140 Å². The number of rotatable bonds is 3. The van der Waals surface area contributed by atoms with E-state index >= 15 is 0 Å². The van der Waals surface area contributed by atoms with Gasteiger partial charge in [-0.05, 0) is 63.4 Å². The minimum atomic E-state index is -0.139. The van der Waals surface area contributed by atoms with Crippen LogP contribution in [-0.4, -0.2) is 14.5 Å². The number of nitrogens with zero attached hydrogens (tertiary/aromatic N) is 3. The summed E-state index contributed by atoms with van der Waals surface area (Å²) in [5.74, 6) is 1.58. The Kier molecular flexibility index (Phi) is 5.24. The van der Waals surface area contributed by atoms with Crippen LogP contribution in [0.4, 0.5) is 0 Å². The zero-order valence-electron chi connectivity index (χ0n) is 24.6. The van der Waals surface area contributed by atoms with Gasteiger partial charge in [0.15, 0.2) is 5.82 Å². The number of aromatic nitrogens is 3. The maximum atomic E-state index is 5.23. The van der Waals surface area contributed by atoms with Gasteiger partial charge in [-0.1, -0.05) is 117 Å². The highest BCUT2D eigenvalue weighted by Crippen LogP contribution is 2.52. The molecule has 208 valence electrons. The van der Waals surface area contributed by atoms with E-state index in [0.29, 0.717) is 5.82 Å². The first kappa shape index (κ1) is 25.0. The summed E-state index contributed by atoms with van der Waals surface area (Å²) in [6.07, 6.45) is 0. The molecular weight excluding hydrogens is 534 g/mol. The number of fused-ring (bicyclic) bond motifs is 7. The van der Waals surface area contributed by atoms with Crippen LogP contribution < -0.4 is 0 Å². The SMILES string of the molecule is CC1(C)c2cc3ccccc3cc2-c2cc3c4ccccc4n(-c4cc(-c5ccccc5)nc(-c5ccccc5)n4)c3cc21. The molecule has 0 spiro atoms. The first-order chi connectivity index (χ1) is 21.6. The molecule has 0 saturated heterocycles. The van der Waals surface area contributed by atoms with Crippen LogP contribution in [0, 0.1) is 0 Å². The van der Waals surface area contributed by atoms with Crippen LogP contribution in [0.1, 0.15) is 25.0 Å². The van der Waals surface area contributed by atoms with Gasteiger partial charge in [0.05, 0.1) is 16.7 Å². The van der Waals surface area contributed by atoms with Gasteiger partial charge >= 0.3 is 0 Å². The minimum Gasteiger partial charge on any atom is -0.294 e. The number of hydrogen-bond acceptors (Lipinski definition) is 2. The number of hydrogen-bond donors (Lipinski definition) is 0.